The van der Waals surface area contributed by atoms with Gasteiger partial charge in [0.05, 0.1) is 0 Å². The van der Waals surface area contributed by atoms with Gasteiger partial charge in [0.15, 0.2) is 0 Å². The third-order valence-electron chi connectivity index (χ3n) is 2.02. The fraction of sp³-hybridized carbons (Fsp3) is 0. The minimum atomic E-state index is 0.774. The first-order chi connectivity index (χ1) is 7.65. The van der Waals surface area contributed by atoms with Gasteiger partial charge in [-0.15, -0.1) is 0 Å². The van der Waals surface area contributed by atoms with Crippen molar-refractivity contribution in [2.24, 2.45) is 0 Å². The topological polar surface area (TPSA) is 26.0 Å². The second kappa shape index (κ2) is 5.42. The third-order valence-corrected chi connectivity index (χ3v) is 4.46. The van der Waals surface area contributed by atoms with E-state index in [-0.39, 0.29) is 0 Å². The van der Waals surface area contributed by atoms with Gasteiger partial charge < -0.3 is 5.73 Å². The quantitative estimate of drug-likeness (QED) is 0.574. The van der Waals surface area contributed by atoms with Crippen molar-refractivity contribution >= 4 is 56.0 Å². The summed E-state index contributed by atoms with van der Waals surface area (Å²) in [5, 5.41) is 0. The molecule has 4 heteroatoms. The summed E-state index contributed by atoms with van der Waals surface area (Å²) in [5.74, 6) is 0. The Labute approximate surface area is 121 Å². The van der Waals surface area contributed by atoms with Crippen LogP contribution in [0.3, 0.4) is 0 Å². The van der Waals surface area contributed by atoms with Crippen LogP contribution in [0, 0.1) is 3.57 Å². The van der Waals surface area contributed by atoms with E-state index in [1.165, 1.54) is 8.47 Å². The summed E-state index contributed by atoms with van der Waals surface area (Å²) in [4.78, 5) is 2.38. The van der Waals surface area contributed by atoms with Crippen LogP contribution in [0.5, 0.6) is 0 Å². The lowest BCUT2D eigenvalue weighted by Gasteiger charge is -2.04. The second-order valence-electron chi connectivity index (χ2n) is 3.24. The molecule has 2 aromatic carbocycles. The van der Waals surface area contributed by atoms with E-state index in [1.54, 1.807) is 11.8 Å². The molecule has 1 nitrogen and oxygen atoms in total. The number of benzene rings is 2. The molecule has 0 aliphatic rings. The molecule has 0 unspecified atom stereocenters. The molecule has 82 valence electrons. The lowest BCUT2D eigenvalue weighted by molar-refractivity contribution is 1.39. The van der Waals surface area contributed by atoms with E-state index >= 15 is 0 Å². The summed E-state index contributed by atoms with van der Waals surface area (Å²) in [6.07, 6.45) is 0. The Morgan fingerprint density at radius 1 is 1.00 bits per heavy atom. The number of anilines is 1. The van der Waals surface area contributed by atoms with Crippen LogP contribution in [0.25, 0.3) is 0 Å². The Morgan fingerprint density at radius 2 is 1.62 bits per heavy atom. The standard InChI is InChI=1S/C12H9BrINS/c13-11-6-5-10(7-12(11)15)16-9-3-1-8(14)2-4-9/h1-7H,15H2. The summed E-state index contributed by atoms with van der Waals surface area (Å²) in [6.45, 7) is 0. The summed E-state index contributed by atoms with van der Waals surface area (Å²) >= 11 is 7.41. The highest BCUT2D eigenvalue weighted by Gasteiger charge is 2.00. The molecule has 2 aromatic rings. The Hall–Kier alpha value is -0.200. The normalized spacial score (nSPS) is 10.4. The van der Waals surface area contributed by atoms with Crippen molar-refractivity contribution in [2.75, 3.05) is 5.73 Å². The molecule has 0 fully saturated rings. The fourth-order valence-electron chi connectivity index (χ4n) is 1.22. The number of nitrogens with two attached hydrogens (primary N) is 1. The Bertz CT molecular complexity index is 499. The maximum Gasteiger partial charge on any atom is 0.0469 e. The SMILES string of the molecule is Nc1cc(Sc2ccc(I)cc2)ccc1Br. The first-order valence-electron chi connectivity index (χ1n) is 4.63. The molecule has 0 aliphatic heterocycles. The monoisotopic (exact) mass is 405 g/mol. The highest BCUT2D eigenvalue weighted by molar-refractivity contribution is 14.1. The average molecular weight is 406 g/mol. The van der Waals surface area contributed by atoms with Crippen LogP contribution in [0.4, 0.5) is 5.69 Å². The predicted molar refractivity (Wildman–Crippen MR) is 81.8 cm³/mol. The summed E-state index contributed by atoms with van der Waals surface area (Å²) in [6, 6.07) is 14.5. The molecular formula is C12H9BrINS. The van der Waals surface area contributed by atoms with Crippen LogP contribution in [0.1, 0.15) is 0 Å². The Morgan fingerprint density at radius 3 is 2.25 bits per heavy atom. The number of halogens is 2. The predicted octanol–water partition coefficient (Wildman–Crippen LogP) is 4.79. The van der Waals surface area contributed by atoms with Gasteiger partial charge in [-0.3, -0.25) is 0 Å². The molecule has 0 amide bonds. The maximum atomic E-state index is 5.84. The molecule has 0 saturated carbocycles. The largest absolute Gasteiger partial charge is 0.398 e. The van der Waals surface area contributed by atoms with E-state index in [9.17, 15) is 0 Å². The van der Waals surface area contributed by atoms with E-state index < -0.39 is 0 Å². The highest BCUT2D eigenvalue weighted by Crippen LogP contribution is 2.31. The molecule has 0 aliphatic carbocycles. The number of rotatable bonds is 2. The van der Waals surface area contributed by atoms with E-state index in [0.29, 0.717) is 0 Å². The number of nitrogen functional groups attached to an aromatic ring is 1. The molecule has 0 saturated heterocycles. The zero-order valence-electron chi connectivity index (χ0n) is 8.28. The van der Waals surface area contributed by atoms with Gasteiger partial charge in [0, 0.05) is 23.5 Å². The summed E-state index contributed by atoms with van der Waals surface area (Å²) in [5.41, 5.74) is 6.61. The zero-order chi connectivity index (χ0) is 11.5. The summed E-state index contributed by atoms with van der Waals surface area (Å²) in [7, 11) is 0. The molecule has 0 spiro atoms. The van der Waals surface area contributed by atoms with Gasteiger partial charge in [-0.05, 0) is 81.0 Å². The van der Waals surface area contributed by atoms with Crippen LogP contribution in [0.15, 0.2) is 56.7 Å². The van der Waals surface area contributed by atoms with Crippen molar-refractivity contribution in [3.8, 4) is 0 Å². The first kappa shape index (κ1) is 12.3. The van der Waals surface area contributed by atoms with E-state index in [2.05, 4.69) is 68.9 Å². The van der Waals surface area contributed by atoms with Crippen LogP contribution < -0.4 is 5.73 Å². The molecule has 0 aromatic heterocycles. The zero-order valence-corrected chi connectivity index (χ0v) is 12.8. The Balaban J connectivity index is 2.20. The van der Waals surface area contributed by atoms with Crippen molar-refractivity contribution in [2.45, 2.75) is 9.79 Å². The van der Waals surface area contributed by atoms with Crippen LogP contribution in [0.2, 0.25) is 0 Å². The lowest BCUT2D eigenvalue weighted by Crippen LogP contribution is -1.86. The average Bonchev–Trinajstić information content (AvgIpc) is 2.27. The van der Waals surface area contributed by atoms with Crippen molar-refractivity contribution in [3.63, 3.8) is 0 Å². The molecule has 0 heterocycles. The summed E-state index contributed by atoms with van der Waals surface area (Å²) < 4.78 is 2.19. The van der Waals surface area contributed by atoms with Gasteiger partial charge in [-0.2, -0.15) is 0 Å². The second-order valence-corrected chi connectivity index (χ2v) is 6.49. The molecule has 0 radical (unpaired) electrons. The van der Waals surface area contributed by atoms with Gasteiger partial charge in [0.25, 0.3) is 0 Å². The minimum Gasteiger partial charge on any atom is -0.398 e. The van der Waals surface area contributed by atoms with Gasteiger partial charge >= 0.3 is 0 Å². The molecule has 2 rings (SSSR count). The Kier molecular flexibility index (Phi) is 4.16. The fourth-order valence-corrected chi connectivity index (χ4v) is 2.70. The van der Waals surface area contributed by atoms with Gasteiger partial charge in [0.1, 0.15) is 0 Å². The first-order valence-corrected chi connectivity index (χ1v) is 7.32. The van der Waals surface area contributed by atoms with Crippen molar-refractivity contribution in [1.82, 2.24) is 0 Å². The van der Waals surface area contributed by atoms with Crippen LogP contribution >= 0.6 is 50.3 Å². The van der Waals surface area contributed by atoms with E-state index in [1.807, 2.05) is 12.1 Å². The minimum absolute atomic E-state index is 0.774. The van der Waals surface area contributed by atoms with Crippen LogP contribution in [-0.4, -0.2) is 0 Å². The molecule has 16 heavy (non-hydrogen) atoms. The van der Waals surface area contributed by atoms with Gasteiger partial charge in [0.2, 0.25) is 0 Å². The van der Waals surface area contributed by atoms with Crippen molar-refractivity contribution in [3.05, 3.63) is 50.5 Å². The molecule has 0 bridgehead atoms. The maximum absolute atomic E-state index is 5.84. The van der Waals surface area contributed by atoms with E-state index in [4.69, 9.17) is 5.73 Å². The molecular weight excluding hydrogens is 397 g/mol. The van der Waals surface area contributed by atoms with Crippen molar-refractivity contribution < 1.29 is 0 Å². The smallest absolute Gasteiger partial charge is 0.0469 e. The third kappa shape index (κ3) is 3.15. The molecule has 2 N–H and O–H groups in total. The van der Waals surface area contributed by atoms with Crippen LogP contribution in [-0.2, 0) is 0 Å². The van der Waals surface area contributed by atoms with Gasteiger partial charge in [-0.25, -0.2) is 0 Å². The van der Waals surface area contributed by atoms with E-state index in [0.717, 1.165) is 15.1 Å². The number of hydrogen-bond acceptors (Lipinski definition) is 2. The molecule has 0 atom stereocenters. The van der Waals surface area contributed by atoms with Gasteiger partial charge in [-0.1, -0.05) is 11.8 Å². The lowest BCUT2D eigenvalue weighted by atomic mass is 10.3. The van der Waals surface area contributed by atoms with Crippen molar-refractivity contribution in [1.29, 1.82) is 0 Å². The number of hydrogen-bond donors (Lipinski definition) is 1. The highest BCUT2D eigenvalue weighted by atomic mass is 127.